The quantitative estimate of drug-likeness (QED) is 0.782. The lowest BCUT2D eigenvalue weighted by molar-refractivity contribution is 1.07. The largest absolute Gasteiger partial charge is 0.379 e. The summed E-state index contributed by atoms with van der Waals surface area (Å²) in [6.07, 6.45) is 0. The van der Waals surface area contributed by atoms with Gasteiger partial charge in [0, 0.05) is 16.4 Å². The predicted octanol–water partition coefficient (Wildman–Crippen LogP) is 4.19. The SMILES string of the molecule is Cc1ccc(NCc2csc(-c3cscn3)n2)cc1. The molecule has 0 radical (unpaired) electrons. The summed E-state index contributed by atoms with van der Waals surface area (Å²) in [5, 5.41) is 8.46. The van der Waals surface area contributed by atoms with Crippen molar-refractivity contribution in [2.75, 3.05) is 5.32 Å². The van der Waals surface area contributed by atoms with Crippen LogP contribution in [0, 0.1) is 6.92 Å². The lowest BCUT2D eigenvalue weighted by atomic mass is 10.2. The summed E-state index contributed by atoms with van der Waals surface area (Å²) < 4.78 is 0. The van der Waals surface area contributed by atoms with E-state index in [0.717, 1.165) is 28.6 Å². The van der Waals surface area contributed by atoms with Crippen LogP contribution in [0.3, 0.4) is 0 Å². The van der Waals surface area contributed by atoms with Gasteiger partial charge in [-0.1, -0.05) is 17.7 Å². The van der Waals surface area contributed by atoms with E-state index in [1.54, 1.807) is 22.7 Å². The van der Waals surface area contributed by atoms with Crippen LogP contribution in [0.15, 0.2) is 40.5 Å². The first kappa shape index (κ1) is 12.3. The van der Waals surface area contributed by atoms with Gasteiger partial charge in [0.1, 0.15) is 10.7 Å². The van der Waals surface area contributed by atoms with E-state index in [9.17, 15) is 0 Å². The number of thiazole rings is 2. The minimum atomic E-state index is 0.740. The third kappa shape index (κ3) is 3.00. The van der Waals surface area contributed by atoms with Gasteiger partial charge in [-0.2, -0.15) is 0 Å². The third-order valence-electron chi connectivity index (χ3n) is 2.73. The molecule has 2 heterocycles. The van der Waals surface area contributed by atoms with Crippen LogP contribution in [0.25, 0.3) is 10.7 Å². The van der Waals surface area contributed by atoms with Crippen LogP contribution in [-0.4, -0.2) is 9.97 Å². The highest BCUT2D eigenvalue weighted by atomic mass is 32.1. The Hall–Kier alpha value is -1.72. The van der Waals surface area contributed by atoms with Crippen molar-refractivity contribution in [2.45, 2.75) is 13.5 Å². The number of nitrogens with one attached hydrogen (secondary N) is 1. The third-order valence-corrected chi connectivity index (χ3v) is 4.23. The molecule has 1 N–H and O–H groups in total. The highest BCUT2D eigenvalue weighted by molar-refractivity contribution is 7.13. The molecule has 3 nitrogen and oxygen atoms in total. The zero-order chi connectivity index (χ0) is 13.1. The highest BCUT2D eigenvalue weighted by Crippen LogP contribution is 2.23. The van der Waals surface area contributed by atoms with Crippen molar-refractivity contribution in [3.05, 3.63) is 51.8 Å². The van der Waals surface area contributed by atoms with Crippen molar-refractivity contribution in [2.24, 2.45) is 0 Å². The second-order valence-corrected chi connectivity index (χ2v) is 5.81. The van der Waals surface area contributed by atoms with Crippen LogP contribution in [0.1, 0.15) is 11.3 Å². The van der Waals surface area contributed by atoms with Gasteiger partial charge in [-0.15, -0.1) is 22.7 Å². The normalized spacial score (nSPS) is 10.6. The molecule has 5 heteroatoms. The Morgan fingerprint density at radius 2 is 2.00 bits per heavy atom. The summed E-state index contributed by atoms with van der Waals surface area (Å²) in [7, 11) is 0. The standard InChI is InChI=1S/C14H13N3S2/c1-10-2-4-11(5-3-10)15-6-12-7-19-14(17-12)13-8-18-9-16-13/h2-5,7-9,15H,6H2,1H3. The zero-order valence-electron chi connectivity index (χ0n) is 10.5. The molecule has 0 aliphatic heterocycles. The average Bonchev–Trinajstić information content (AvgIpc) is 3.09. The minimum Gasteiger partial charge on any atom is -0.379 e. The van der Waals surface area contributed by atoms with Crippen LogP contribution in [0.4, 0.5) is 5.69 Å². The monoisotopic (exact) mass is 287 g/mol. The number of anilines is 1. The highest BCUT2D eigenvalue weighted by Gasteiger charge is 2.06. The number of nitrogens with zero attached hydrogens (tertiary/aromatic N) is 2. The van der Waals surface area contributed by atoms with E-state index in [1.807, 2.05) is 10.9 Å². The summed E-state index contributed by atoms with van der Waals surface area (Å²) >= 11 is 3.23. The van der Waals surface area contributed by atoms with Gasteiger partial charge in [-0.25, -0.2) is 9.97 Å². The fourth-order valence-electron chi connectivity index (χ4n) is 1.69. The van der Waals surface area contributed by atoms with Crippen LogP contribution in [0.2, 0.25) is 0 Å². The second-order valence-electron chi connectivity index (χ2n) is 4.24. The molecule has 0 aliphatic rings. The van der Waals surface area contributed by atoms with Gasteiger partial charge in [-0.3, -0.25) is 0 Å². The fraction of sp³-hybridized carbons (Fsp3) is 0.143. The Labute approximate surface area is 120 Å². The molecule has 0 bridgehead atoms. The van der Waals surface area contributed by atoms with E-state index in [4.69, 9.17) is 0 Å². The molecule has 0 aliphatic carbocycles. The lowest BCUT2D eigenvalue weighted by Crippen LogP contribution is -1.99. The van der Waals surface area contributed by atoms with Gasteiger partial charge in [0.15, 0.2) is 0 Å². The molecule has 96 valence electrons. The topological polar surface area (TPSA) is 37.8 Å². The van der Waals surface area contributed by atoms with Crippen LogP contribution in [-0.2, 0) is 6.54 Å². The number of aryl methyl sites for hydroxylation is 1. The molecule has 3 aromatic rings. The minimum absolute atomic E-state index is 0.740. The molecular formula is C14H13N3S2. The van der Waals surface area contributed by atoms with E-state index in [2.05, 4.69) is 51.9 Å². The zero-order valence-corrected chi connectivity index (χ0v) is 12.1. The number of aromatic nitrogens is 2. The van der Waals surface area contributed by atoms with Crippen LogP contribution in [0.5, 0.6) is 0 Å². The molecular weight excluding hydrogens is 274 g/mol. The Morgan fingerprint density at radius 3 is 2.74 bits per heavy atom. The number of rotatable bonds is 4. The van der Waals surface area contributed by atoms with E-state index < -0.39 is 0 Å². The summed E-state index contributed by atoms with van der Waals surface area (Å²) in [5.74, 6) is 0. The van der Waals surface area contributed by atoms with Gasteiger partial charge < -0.3 is 5.32 Å². The molecule has 0 saturated heterocycles. The molecule has 0 fully saturated rings. The van der Waals surface area contributed by atoms with Crippen LogP contribution < -0.4 is 5.32 Å². The molecule has 0 saturated carbocycles. The first-order valence-corrected chi connectivity index (χ1v) is 7.77. The maximum Gasteiger partial charge on any atom is 0.143 e. The van der Waals surface area contributed by atoms with Crippen molar-refractivity contribution in [3.8, 4) is 10.7 Å². The van der Waals surface area contributed by atoms with Crippen molar-refractivity contribution >= 4 is 28.4 Å². The predicted molar refractivity (Wildman–Crippen MR) is 81.7 cm³/mol. The van der Waals surface area contributed by atoms with Gasteiger partial charge in [-0.05, 0) is 19.1 Å². The Balaban J connectivity index is 1.66. The summed E-state index contributed by atoms with van der Waals surface area (Å²) in [6, 6.07) is 8.38. The summed E-state index contributed by atoms with van der Waals surface area (Å²) in [5.41, 5.74) is 6.24. The number of benzene rings is 1. The molecule has 3 rings (SSSR count). The maximum absolute atomic E-state index is 4.59. The van der Waals surface area contributed by atoms with E-state index in [1.165, 1.54) is 5.56 Å². The Bertz CT molecular complexity index is 642. The molecule has 2 aromatic heterocycles. The van der Waals surface area contributed by atoms with Gasteiger partial charge in [0.25, 0.3) is 0 Å². The van der Waals surface area contributed by atoms with Crippen molar-refractivity contribution in [1.29, 1.82) is 0 Å². The Kier molecular flexibility index (Phi) is 3.57. The first-order valence-electron chi connectivity index (χ1n) is 5.95. The van der Waals surface area contributed by atoms with Crippen molar-refractivity contribution in [1.82, 2.24) is 9.97 Å². The molecule has 0 unspecified atom stereocenters. The lowest BCUT2D eigenvalue weighted by Gasteiger charge is -2.04. The Morgan fingerprint density at radius 1 is 1.16 bits per heavy atom. The molecule has 19 heavy (non-hydrogen) atoms. The van der Waals surface area contributed by atoms with Crippen LogP contribution >= 0.6 is 22.7 Å². The smallest absolute Gasteiger partial charge is 0.143 e. The van der Waals surface area contributed by atoms with Gasteiger partial charge in [0.05, 0.1) is 17.7 Å². The van der Waals surface area contributed by atoms with E-state index in [0.29, 0.717) is 0 Å². The van der Waals surface area contributed by atoms with Gasteiger partial charge >= 0.3 is 0 Å². The summed E-state index contributed by atoms with van der Waals surface area (Å²) in [6.45, 7) is 2.83. The maximum atomic E-state index is 4.59. The molecule has 0 atom stereocenters. The van der Waals surface area contributed by atoms with E-state index in [-0.39, 0.29) is 0 Å². The van der Waals surface area contributed by atoms with Crippen molar-refractivity contribution in [3.63, 3.8) is 0 Å². The average molecular weight is 287 g/mol. The first-order chi connectivity index (χ1) is 9.31. The second kappa shape index (κ2) is 5.50. The molecule has 1 aromatic carbocycles. The van der Waals surface area contributed by atoms with Crippen molar-refractivity contribution < 1.29 is 0 Å². The molecule has 0 spiro atoms. The fourth-order valence-corrected chi connectivity index (χ4v) is 3.09. The van der Waals surface area contributed by atoms with E-state index >= 15 is 0 Å². The molecule has 0 amide bonds. The number of hydrogen-bond acceptors (Lipinski definition) is 5. The number of hydrogen-bond donors (Lipinski definition) is 1. The summed E-state index contributed by atoms with van der Waals surface area (Å²) in [4.78, 5) is 8.86. The van der Waals surface area contributed by atoms with Gasteiger partial charge in [0.2, 0.25) is 0 Å².